The van der Waals surface area contributed by atoms with Gasteiger partial charge in [-0.1, -0.05) is 6.07 Å². The highest BCUT2D eigenvalue weighted by molar-refractivity contribution is 7.91. The van der Waals surface area contributed by atoms with E-state index in [0.717, 1.165) is 24.4 Å². The molecular formula is C15H8F3NO4S. The SMILES string of the molecule is O=c1oc2cccc(C(F)(F)F)c2cc1S(=O)(=O)c1cccnc1. The predicted octanol–water partition coefficient (Wildman–Crippen LogP) is 3.04. The van der Waals surface area contributed by atoms with Crippen molar-refractivity contribution in [2.75, 3.05) is 0 Å². The van der Waals surface area contributed by atoms with Gasteiger partial charge in [0.05, 0.1) is 10.5 Å². The maximum atomic E-state index is 13.1. The van der Waals surface area contributed by atoms with Crippen LogP contribution in [-0.2, 0) is 16.0 Å². The Hall–Kier alpha value is -2.68. The Morgan fingerprint density at radius 1 is 1.08 bits per heavy atom. The average molecular weight is 355 g/mol. The summed E-state index contributed by atoms with van der Waals surface area (Å²) in [6, 6.07) is 6.21. The van der Waals surface area contributed by atoms with Gasteiger partial charge in [0.25, 0.3) is 0 Å². The van der Waals surface area contributed by atoms with Crippen molar-refractivity contribution < 1.29 is 26.0 Å². The number of fused-ring (bicyclic) bond motifs is 1. The molecule has 3 rings (SSSR count). The van der Waals surface area contributed by atoms with Crippen LogP contribution in [-0.4, -0.2) is 13.4 Å². The number of halogens is 3. The van der Waals surface area contributed by atoms with Gasteiger partial charge in [-0.3, -0.25) is 4.98 Å². The van der Waals surface area contributed by atoms with Crippen LogP contribution in [0.2, 0.25) is 0 Å². The molecule has 0 N–H and O–H groups in total. The van der Waals surface area contributed by atoms with E-state index in [-0.39, 0.29) is 10.5 Å². The average Bonchev–Trinajstić information content (AvgIpc) is 2.53. The standard InChI is InChI=1S/C15H8F3NO4S/c16-15(17,18)11-4-1-5-12-10(11)7-13(14(20)23-12)24(21,22)9-3-2-6-19-8-9/h1-8H. The fourth-order valence-corrected chi connectivity index (χ4v) is 3.43. The van der Waals surface area contributed by atoms with Crippen molar-refractivity contribution in [2.45, 2.75) is 16.0 Å². The Balaban J connectivity index is 2.35. The van der Waals surface area contributed by atoms with E-state index >= 15 is 0 Å². The Labute approximate surface area is 133 Å². The maximum Gasteiger partial charge on any atom is 0.417 e. The maximum absolute atomic E-state index is 13.1. The molecule has 24 heavy (non-hydrogen) atoms. The molecule has 0 bridgehead atoms. The summed E-state index contributed by atoms with van der Waals surface area (Å²) in [6.45, 7) is 0. The molecule has 0 spiro atoms. The molecule has 124 valence electrons. The first-order valence-electron chi connectivity index (χ1n) is 6.50. The third kappa shape index (κ3) is 2.67. The molecule has 9 heteroatoms. The zero-order valence-corrected chi connectivity index (χ0v) is 12.6. The molecule has 0 saturated heterocycles. The van der Waals surface area contributed by atoms with Gasteiger partial charge in [-0.25, -0.2) is 13.2 Å². The van der Waals surface area contributed by atoms with Gasteiger partial charge in [-0.15, -0.1) is 0 Å². The summed E-state index contributed by atoms with van der Waals surface area (Å²) >= 11 is 0. The number of benzene rings is 1. The highest BCUT2D eigenvalue weighted by Crippen LogP contribution is 2.35. The van der Waals surface area contributed by atoms with Gasteiger partial charge in [0.15, 0.2) is 4.90 Å². The minimum absolute atomic E-state index is 0.318. The van der Waals surface area contributed by atoms with Crippen molar-refractivity contribution >= 4 is 20.8 Å². The Bertz CT molecular complexity index is 1070. The van der Waals surface area contributed by atoms with Crippen LogP contribution < -0.4 is 5.63 Å². The normalized spacial score (nSPS) is 12.5. The Kier molecular flexibility index (Phi) is 3.67. The fraction of sp³-hybridized carbons (Fsp3) is 0.0667. The summed E-state index contributed by atoms with van der Waals surface area (Å²) < 4.78 is 69.0. The first kappa shape index (κ1) is 16.2. The Morgan fingerprint density at radius 3 is 2.46 bits per heavy atom. The number of sulfone groups is 1. The van der Waals surface area contributed by atoms with Gasteiger partial charge >= 0.3 is 11.8 Å². The molecule has 0 aliphatic heterocycles. The van der Waals surface area contributed by atoms with E-state index in [1.807, 2.05) is 0 Å². The lowest BCUT2D eigenvalue weighted by molar-refractivity contribution is -0.136. The second kappa shape index (κ2) is 5.45. The third-order valence-corrected chi connectivity index (χ3v) is 5.01. The molecule has 0 unspecified atom stereocenters. The molecular weight excluding hydrogens is 347 g/mol. The van der Waals surface area contributed by atoms with Crippen molar-refractivity contribution in [3.05, 3.63) is 64.8 Å². The van der Waals surface area contributed by atoms with Crippen molar-refractivity contribution in [2.24, 2.45) is 0 Å². The van der Waals surface area contributed by atoms with Crippen molar-refractivity contribution in [1.29, 1.82) is 0 Å². The van der Waals surface area contributed by atoms with E-state index in [4.69, 9.17) is 4.42 Å². The minimum Gasteiger partial charge on any atom is -0.422 e. The monoisotopic (exact) mass is 355 g/mol. The third-order valence-electron chi connectivity index (χ3n) is 3.29. The second-order valence-corrected chi connectivity index (χ2v) is 6.72. The van der Waals surface area contributed by atoms with Crippen molar-refractivity contribution in [3.63, 3.8) is 0 Å². The number of pyridine rings is 1. The molecule has 0 amide bonds. The first-order valence-corrected chi connectivity index (χ1v) is 7.99. The van der Waals surface area contributed by atoms with Gasteiger partial charge < -0.3 is 4.42 Å². The molecule has 0 radical (unpaired) electrons. The van der Waals surface area contributed by atoms with Crippen molar-refractivity contribution in [1.82, 2.24) is 4.98 Å². The van der Waals surface area contributed by atoms with Crippen LogP contribution in [0.1, 0.15) is 5.56 Å². The van der Waals surface area contributed by atoms with E-state index in [9.17, 15) is 26.4 Å². The van der Waals surface area contributed by atoms with Crippen LogP contribution in [0.25, 0.3) is 11.0 Å². The molecule has 5 nitrogen and oxygen atoms in total. The van der Waals surface area contributed by atoms with Crippen LogP contribution in [0.15, 0.2) is 67.8 Å². The lowest BCUT2D eigenvalue weighted by atomic mass is 10.1. The smallest absolute Gasteiger partial charge is 0.417 e. The zero-order valence-electron chi connectivity index (χ0n) is 11.7. The number of alkyl halides is 3. The summed E-state index contributed by atoms with van der Waals surface area (Å²) in [6.07, 6.45) is -2.41. The molecule has 3 aromatic rings. The minimum atomic E-state index is -4.73. The van der Waals surface area contributed by atoms with E-state index in [0.29, 0.717) is 6.07 Å². The lowest BCUT2D eigenvalue weighted by Gasteiger charge is -2.10. The first-order chi connectivity index (χ1) is 11.2. The second-order valence-electron chi connectivity index (χ2n) is 4.81. The molecule has 0 atom stereocenters. The number of rotatable bonds is 2. The molecule has 0 aliphatic rings. The largest absolute Gasteiger partial charge is 0.422 e. The zero-order chi connectivity index (χ0) is 17.5. The van der Waals surface area contributed by atoms with Crippen LogP contribution in [0.3, 0.4) is 0 Å². The summed E-state index contributed by atoms with van der Waals surface area (Å²) in [4.78, 5) is 14.4. The number of nitrogens with zero attached hydrogens (tertiary/aromatic N) is 1. The van der Waals surface area contributed by atoms with Gasteiger partial charge in [-0.05, 0) is 30.3 Å². The molecule has 0 fully saturated rings. The molecule has 2 heterocycles. The van der Waals surface area contributed by atoms with E-state index in [1.54, 1.807) is 0 Å². The number of hydrogen-bond donors (Lipinski definition) is 0. The number of aromatic nitrogens is 1. The molecule has 0 aliphatic carbocycles. The Morgan fingerprint density at radius 2 is 1.83 bits per heavy atom. The quantitative estimate of drug-likeness (QED) is 0.661. The summed E-state index contributed by atoms with van der Waals surface area (Å²) in [5.41, 5.74) is -2.68. The van der Waals surface area contributed by atoms with Crippen molar-refractivity contribution in [3.8, 4) is 0 Å². The van der Waals surface area contributed by atoms with E-state index in [1.165, 1.54) is 18.3 Å². The highest BCUT2D eigenvalue weighted by atomic mass is 32.2. The predicted molar refractivity (Wildman–Crippen MR) is 77.2 cm³/mol. The van der Waals surface area contributed by atoms with Crippen LogP contribution in [0, 0.1) is 0 Å². The van der Waals surface area contributed by atoms with E-state index in [2.05, 4.69) is 4.98 Å². The van der Waals surface area contributed by atoms with Gasteiger partial charge in [-0.2, -0.15) is 13.2 Å². The molecule has 0 saturated carbocycles. The summed E-state index contributed by atoms with van der Waals surface area (Å²) in [7, 11) is -4.36. The van der Waals surface area contributed by atoms with Gasteiger partial charge in [0.2, 0.25) is 9.84 Å². The van der Waals surface area contributed by atoms with Crippen LogP contribution >= 0.6 is 0 Å². The fourth-order valence-electron chi connectivity index (χ4n) is 2.19. The van der Waals surface area contributed by atoms with Gasteiger partial charge in [0.1, 0.15) is 5.58 Å². The van der Waals surface area contributed by atoms with Gasteiger partial charge in [0, 0.05) is 17.8 Å². The molecule has 1 aromatic carbocycles. The summed E-state index contributed by atoms with van der Waals surface area (Å²) in [5.74, 6) is 0. The van der Waals surface area contributed by atoms with E-state index < -0.39 is 37.5 Å². The van der Waals surface area contributed by atoms with Crippen LogP contribution in [0.4, 0.5) is 13.2 Å². The number of hydrogen-bond acceptors (Lipinski definition) is 5. The molecule has 2 aromatic heterocycles. The summed E-state index contributed by atoms with van der Waals surface area (Å²) in [5, 5.41) is -0.507. The van der Waals surface area contributed by atoms with Crippen LogP contribution in [0.5, 0.6) is 0 Å². The highest BCUT2D eigenvalue weighted by Gasteiger charge is 2.34. The topological polar surface area (TPSA) is 77.2 Å². The lowest BCUT2D eigenvalue weighted by Crippen LogP contribution is -2.15.